The molecule has 0 radical (unpaired) electrons. The molecule has 0 N–H and O–H groups in total. The van der Waals surface area contributed by atoms with Crippen molar-refractivity contribution >= 4 is 5.88 Å². The van der Waals surface area contributed by atoms with Gasteiger partial charge in [0.05, 0.1) is 6.04 Å². The van der Waals surface area contributed by atoms with Crippen molar-refractivity contribution in [1.29, 1.82) is 5.26 Å². The van der Waals surface area contributed by atoms with E-state index in [1.165, 1.54) is 0 Å². The highest BCUT2D eigenvalue weighted by Gasteiger charge is 2.33. The molecule has 2 aliphatic rings. The average Bonchev–Trinajstić information content (AvgIpc) is 3.22. The van der Waals surface area contributed by atoms with Crippen molar-refractivity contribution in [2.24, 2.45) is 0 Å². The molecule has 1 aliphatic heterocycles. The Morgan fingerprint density at radius 1 is 1.21 bits per heavy atom. The highest BCUT2D eigenvalue weighted by Crippen LogP contribution is 2.41. The topological polar surface area (TPSA) is 95.2 Å². The molecule has 2 fully saturated rings. The van der Waals surface area contributed by atoms with Crippen LogP contribution in [0.3, 0.4) is 0 Å². The molecular weight excluding hydrogens is 308 g/mol. The van der Waals surface area contributed by atoms with Gasteiger partial charge in [0.15, 0.2) is 5.82 Å². The first-order valence-electron chi connectivity index (χ1n) is 8.35. The largest absolute Gasteiger partial charge is 0.423 e. The first-order valence-corrected chi connectivity index (χ1v) is 8.35. The molecule has 0 amide bonds. The maximum absolute atomic E-state index is 9.32. The van der Waals surface area contributed by atoms with Crippen molar-refractivity contribution in [2.45, 2.75) is 38.6 Å². The van der Waals surface area contributed by atoms with E-state index >= 15 is 0 Å². The van der Waals surface area contributed by atoms with E-state index < -0.39 is 0 Å². The second-order valence-corrected chi connectivity index (χ2v) is 6.47. The van der Waals surface area contributed by atoms with Gasteiger partial charge in [-0.2, -0.15) is 10.2 Å². The minimum absolute atomic E-state index is 0.0838. The average molecular weight is 328 g/mol. The highest BCUT2D eigenvalue weighted by atomic mass is 16.5. The molecule has 0 unspecified atom stereocenters. The van der Waals surface area contributed by atoms with Crippen molar-refractivity contribution in [3.63, 3.8) is 0 Å². The maximum Gasteiger partial charge on any atom is 0.243 e. The van der Waals surface area contributed by atoms with Crippen molar-refractivity contribution < 1.29 is 8.94 Å². The smallest absolute Gasteiger partial charge is 0.243 e. The summed E-state index contributed by atoms with van der Waals surface area (Å²) in [5, 5.41) is 13.2. The standard InChI is InChI=1S/C16H20N6O2/c1-10(14-18-11(2)20-24-14)21-5-7-22(8-6-21)16-13(9-17)19-15(23-16)12-3-4-12/h10,12H,3-8H2,1-2H3/t10-/m1/s1. The van der Waals surface area contributed by atoms with E-state index in [9.17, 15) is 5.26 Å². The quantitative estimate of drug-likeness (QED) is 0.841. The van der Waals surface area contributed by atoms with Gasteiger partial charge in [0.25, 0.3) is 0 Å². The van der Waals surface area contributed by atoms with Crippen LogP contribution in [-0.2, 0) is 0 Å². The molecule has 1 saturated heterocycles. The second kappa shape index (κ2) is 5.91. The lowest BCUT2D eigenvalue weighted by atomic mass is 10.2. The van der Waals surface area contributed by atoms with E-state index in [1.807, 2.05) is 6.92 Å². The molecule has 8 nitrogen and oxygen atoms in total. The number of hydrogen-bond acceptors (Lipinski definition) is 8. The third kappa shape index (κ3) is 2.76. The summed E-state index contributed by atoms with van der Waals surface area (Å²) in [4.78, 5) is 13.1. The second-order valence-electron chi connectivity index (χ2n) is 6.47. The fourth-order valence-corrected chi connectivity index (χ4v) is 3.07. The Bertz CT molecular complexity index is 764. The van der Waals surface area contributed by atoms with Gasteiger partial charge in [-0.1, -0.05) is 5.16 Å². The molecule has 1 aliphatic carbocycles. The molecular formula is C16H20N6O2. The Balaban J connectivity index is 1.43. The lowest BCUT2D eigenvalue weighted by molar-refractivity contribution is 0.162. The molecule has 1 saturated carbocycles. The van der Waals surface area contributed by atoms with Crippen LogP contribution in [0.15, 0.2) is 8.94 Å². The van der Waals surface area contributed by atoms with Gasteiger partial charge >= 0.3 is 0 Å². The summed E-state index contributed by atoms with van der Waals surface area (Å²) in [6, 6.07) is 2.25. The summed E-state index contributed by atoms with van der Waals surface area (Å²) < 4.78 is 11.2. The number of hydrogen-bond donors (Lipinski definition) is 0. The third-order valence-electron chi connectivity index (χ3n) is 4.71. The molecule has 0 bridgehead atoms. The monoisotopic (exact) mass is 328 g/mol. The minimum atomic E-state index is 0.0838. The van der Waals surface area contributed by atoms with E-state index in [0.717, 1.165) is 44.9 Å². The summed E-state index contributed by atoms with van der Waals surface area (Å²) in [6.07, 6.45) is 2.22. The molecule has 1 atom stereocenters. The lowest BCUT2D eigenvalue weighted by Gasteiger charge is -2.36. The van der Waals surface area contributed by atoms with Gasteiger partial charge in [0.2, 0.25) is 23.4 Å². The van der Waals surface area contributed by atoms with Crippen LogP contribution in [0.5, 0.6) is 0 Å². The van der Waals surface area contributed by atoms with Crippen molar-refractivity contribution in [1.82, 2.24) is 20.0 Å². The lowest BCUT2D eigenvalue weighted by Crippen LogP contribution is -2.47. The zero-order valence-corrected chi connectivity index (χ0v) is 13.9. The van der Waals surface area contributed by atoms with Crippen LogP contribution in [0.1, 0.15) is 55.0 Å². The molecule has 2 aromatic rings. The van der Waals surface area contributed by atoms with Gasteiger partial charge in [-0.25, -0.2) is 4.98 Å². The fraction of sp³-hybridized carbons (Fsp3) is 0.625. The minimum Gasteiger partial charge on any atom is -0.423 e. The van der Waals surface area contributed by atoms with Gasteiger partial charge < -0.3 is 13.8 Å². The number of piperazine rings is 1. The summed E-state index contributed by atoms with van der Waals surface area (Å²) in [6.45, 7) is 7.14. The molecule has 8 heteroatoms. The molecule has 126 valence electrons. The van der Waals surface area contributed by atoms with Crippen LogP contribution in [0, 0.1) is 18.3 Å². The predicted molar refractivity (Wildman–Crippen MR) is 84.4 cm³/mol. The Labute approximate surface area is 140 Å². The van der Waals surface area contributed by atoms with Crippen molar-refractivity contribution in [3.8, 4) is 6.07 Å². The summed E-state index contributed by atoms with van der Waals surface area (Å²) >= 11 is 0. The molecule has 3 heterocycles. The van der Waals surface area contributed by atoms with Crippen LogP contribution in [0.2, 0.25) is 0 Å². The number of oxazole rings is 1. The number of rotatable bonds is 4. The first-order chi connectivity index (χ1) is 11.7. The zero-order valence-electron chi connectivity index (χ0n) is 13.9. The van der Waals surface area contributed by atoms with Crippen molar-refractivity contribution in [3.05, 3.63) is 23.3 Å². The normalized spacial score (nSPS) is 20.1. The van der Waals surface area contributed by atoms with Gasteiger partial charge in [-0.15, -0.1) is 0 Å². The van der Waals surface area contributed by atoms with E-state index in [1.54, 1.807) is 0 Å². The van der Waals surface area contributed by atoms with Gasteiger partial charge in [0.1, 0.15) is 6.07 Å². The summed E-state index contributed by atoms with van der Waals surface area (Å²) in [5.74, 6) is 3.06. The van der Waals surface area contributed by atoms with E-state index in [-0.39, 0.29) is 6.04 Å². The molecule has 0 spiro atoms. The van der Waals surface area contributed by atoms with Crippen LogP contribution >= 0.6 is 0 Å². The number of aromatic nitrogens is 3. The Morgan fingerprint density at radius 3 is 2.54 bits per heavy atom. The highest BCUT2D eigenvalue weighted by molar-refractivity contribution is 5.48. The van der Waals surface area contributed by atoms with Gasteiger partial charge in [-0.3, -0.25) is 4.90 Å². The fourth-order valence-electron chi connectivity index (χ4n) is 3.07. The predicted octanol–water partition coefficient (Wildman–Crippen LogP) is 2.00. The van der Waals surface area contributed by atoms with Gasteiger partial charge in [-0.05, 0) is 26.7 Å². The Hall–Kier alpha value is -2.40. The summed E-state index contributed by atoms with van der Waals surface area (Å²) in [7, 11) is 0. The van der Waals surface area contributed by atoms with Crippen molar-refractivity contribution in [2.75, 3.05) is 31.1 Å². The molecule has 24 heavy (non-hydrogen) atoms. The van der Waals surface area contributed by atoms with E-state index in [0.29, 0.717) is 29.2 Å². The Morgan fingerprint density at radius 2 is 1.96 bits per heavy atom. The number of nitrogens with zero attached hydrogens (tertiary/aromatic N) is 6. The first kappa shape index (κ1) is 15.1. The third-order valence-corrected chi connectivity index (χ3v) is 4.71. The van der Waals surface area contributed by atoms with Crippen LogP contribution < -0.4 is 4.90 Å². The number of nitriles is 1. The zero-order chi connectivity index (χ0) is 16.7. The van der Waals surface area contributed by atoms with Crippen LogP contribution in [0.4, 0.5) is 5.88 Å². The van der Waals surface area contributed by atoms with E-state index in [2.05, 4.69) is 37.9 Å². The van der Waals surface area contributed by atoms with Crippen LogP contribution in [0.25, 0.3) is 0 Å². The molecule has 4 rings (SSSR count). The SMILES string of the molecule is Cc1noc([C@@H](C)N2CCN(c3oc(C4CC4)nc3C#N)CC2)n1. The molecule has 0 aromatic carbocycles. The number of anilines is 1. The molecule has 2 aromatic heterocycles. The van der Waals surface area contributed by atoms with Crippen LogP contribution in [-0.4, -0.2) is 46.2 Å². The summed E-state index contributed by atoms with van der Waals surface area (Å²) in [5.41, 5.74) is 0.408. The van der Waals surface area contributed by atoms with Gasteiger partial charge in [0, 0.05) is 32.1 Å². The Kier molecular flexibility index (Phi) is 3.73. The maximum atomic E-state index is 9.32. The number of aryl methyl sites for hydroxylation is 1. The van der Waals surface area contributed by atoms with E-state index in [4.69, 9.17) is 8.94 Å².